The van der Waals surface area contributed by atoms with Crippen molar-refractivity contribution in [2.24, 2.45) is 0 Å². The van der Waals surface area contributed by atoms with Crippen molar-refractivity contribution in [2.75, 3.05) is 13.2 Å². The SMILES string of the molecule is O=CCCC(CC(=O)O)NC(=O)COCC1C2=C(C=CCC=C2)c2ccccc21. The topological polar surface area (TPSA) is 92.7 Å². The highest BCUT2D eigenvalue weighted by Crippen LogP contribution is 2.44. The number of carbonyl (C=O) groups excluding carboxylic acids is 2. The van der Waals surface area contributed by atoms with Crippen molar-refractivity contribution in [1.29, 1.82) is 0 Å². The number of carboxylic acids is 1. The predicted molar refractivity (Wildman–Crippen MR) is 109 cm³/mol. The van der Waals surface area contributed by atoms with Crippen LogP contribution in [0.4, 0.5) is 0 Å². The summed E-state index contributed by atoms with van der Waals surface area (Å²) in [6.07, 6.45) is 10.4. The minimum Gasteiger partial charge on any atom is -0.481 e. The number of fused-ring (bicyclic) bond motifs is 2. The number of ether oxygens (including phenoxy) is 1. The molecule has 6 heteroatoms. The lowest BCUT2D eigenvalue weighted by Crippen LogP contribution is -2.39. The van der Waals surface area contributed by atoms with Crippen LogP contribution in [0.2, 0.25) is 0 Å². The highest BCUT2D eigenvalue weighted by Gasteiger charge is 2.29. The fraction of sp³-hybridized carbons (Fsp3) is 0.348. The summed E-state index contributed by atoms with van der Waals surface area (Å²) in [5, 5.41) is 11.6. The molecule has 2 unspecified atom stereocenters. The second-order valence-corrected chi connectivity index (χ2v) is 7.17. The molecule has 6 nitrogen and oxygen atoms in total. The van der Waals surface area contributed by atoms with Gasteiger partial charge in [-0.25, -0.2) is 0 Å². The Balaban J connectivity index is 1.60. The third-order valence-corrected chi connectivity index (χ3v) is 5.10. The average molecular weight is 395 g/mol. The van der Waals surface area contributed by atoms with Crippen molar-refractivity contribution >= 4 is 23.7 Å². The van der Waals surface area contributed by atoms with Crippen molar-refractivity contribution in [2.45, 2.75) is 37.6 Å². The highest BCUT2D eigenvalue weighted by atomic mass is 16.5. The predicted octanol–water partition coefficient (Wildman–Crippen LogP) is 3.01. The van der Waals surface area contributed by atoms with Crippen molar-refractivity contribution in [3.63, 3.8) is 0 Å². The van der Waals surface area contributed by atoms with E-state index in [4.69, 9.17) is 9.84 Å². The first-order chi connectivity index (χ1) is 14.1. The highest BCUT2D eigenvalue weighted by molar-refractivity contribution is 5.86. The van der Waals surface area contributed by atoms with Crippen LogP contribution in [-0.2, 0) is 19.1 Å². The number of carbonyl (C=O) groups is 3. The maximum atomic E-state index is 12.2. The summed E-state index contributed by atoms with van der Waals surface area (Å²) in [4.78, 5) is 33.7. The van der Waals surface area contributed by atoms with E-state index in [1.807, 2.05) is 12.1 Å². The largest absolute Gasteiger partial charge is 0.481 e. The lowest BCUT2D eigenvalue weighted by molar-refractivity contribution is -0.138. The summed E-state index contributed by atoms with van der Waals surface area (Å²) in [5.41, 5.74) is 4.76. The Morgan fingerprint density at radius 2 is 2.03 bits per heavy atom. The zero-order valence-electron chi connectivity index (χ0n) is 16.2. The third-order valence-electron chi connectivity index (χ3n) is 5.10. The van der Waals surface area contributed by atoms with Gasteiger partial charge in [-0.05, 0) is 35.1 Å². The molecule has 3 rings (SSSR count). The molecule has 0 saturated heterocycles. The summed E-state index contributed by atoms with van der Waals surface area (Å²) in [6, 6.07) is 7.63. The maximum absolute atomic E-state index is 12.2. The summed E-state index contributed by atoms with van der Waals surface area (Å²) >= 11 is 0. The number of allylic oxidation sites excluding steroid dienone is 5. The van der Waals surface area contributed by atoms with Crippen LogP contribution in [0.15, 0.2) is 54.1 Å². The van der Waals surface area contributed by atoms with Crippen LogP contribution in [0.5, 0.6) is 0 Å². The van der Waals surface area contributed by atoms with E-state index in [1.165, 1.54) is 22.3 Å². The Hall–Kier alpha value is -2.99. The Morgan fingerprint density at radius 3 is 2.83 bits per heavy atom. The molecule has 0 radical (unpaired) electrons. The molecule has 1 amide bonds. The molecule has 2 aliphatic carbocycles. The first-order valence-electron chi connectivity index (χ1n) is 9.79. The van der Waals surface area contributed by atoms with Gasteiger partial charge in [-0.3, -0.25) is 9.59 Å². The van der Waals surface area contributed by atoms with Crippen molar-refractivity contribution in [3.8, 4) is 0 Å². The second-order valence-electron chi connectivity index (χ2n) is 7.17. The summed E-state index contributed by atoms with van der Waals surface area (Å²) in [7, 11) is 0. The molecule has 152 valence electrons. The van der Waals surface area contributed by atoms with E-state index in [0.29, 0.717) is 13.0 Å². The molecule has 0 spiro atoms. The quantitative estimate of drug-likeness (QED) is 0.594. The van der Waals surface area contributed by atoms with Crippen molar-refractivity contribution in [1.82, 2.24) is 5.32 Å². The minimum atomic E-state index is -1.02. The Morgan fingerprint density at radius 1 is 1.24 bits per heavy atom. The van der Waals surface area contributed by atoms with Crippen LogP contribution in [-0.4, -0.2) is 42.5 Å². The molecule has 0 bridgehead atoms. The van der Waals surface area contributed by atoms with Gasteiger partial charge in [0.25, 0.3) is 0 Å². The normalized spacial score (nSPS) is 18.0. The average Bonchev–Trinajstić information content (AvgIpc) is 2.84. The summed E-state index contributed by atoms with van der Waals surface area (Å²) < 4.78 is 5.72. The van der Waals surface area contributed by atoms with Crippen LogP contribution >= 0.6 is 0 Å². The van der Waals surface area contributed by atoms with Crippen molar-refractivity contribution < 1.29 is 24.2 Å². The fourth-order valence-electron chi connectivity index (χ4n) is 3.83. The van der Waals surface area contributed by atoms with Crippen LogP contribution in [0, 0.1) is 0 Å². The van der Waals surface area contributed by atoms with Gasteiger partial charge < -0.3 is 20.0 Å². The van der Waals surface area contributed by atoms with Gasteiger partial charge in [0.1, 0.15) is 12.9 Å². The Kier molecular flexibility index (Phi) is 7.14. The minimum absolute atomic E-state index is 0.0536. The number of aliphatic carboxylic acids is 1. The molecule has 1 aromatic carbocycles. The van der Waals surface area contributed by atoms with E-state index in [0.717, 1.165) is 12.7 Å². The third kappa shape index (κ3) is 5.29. The summed E-state index contributed by atoms with van der Waals surface area (Å²) in [6.45, 7) is 0.206. The van der Waals surface area contributed by atoms with E-state index >= 15 is 0 Å². The molecule has 2 N–H and O–H groups in total. The number of hydrogen-bond acceptors (Lipinski definition) is 4. The van der Waals surface area contributed by atoms with Crippen LogP contribution in [0.1, 0.15) is 42.7 Å². The van der Waals surface area contributed by atoms with Crippen LogP contribution in [0.25, 0.3) is 5.57 Å². The number of hydrogen-bond donors (Lipinski definition) is 2. The number of carboxylic acid groups (broad SMARTS) is 1. The molecule has 29 heavy (non-hydrogen) atoms. The van der Waals surface area contributed by atoms with Gasteiger partial charge in [0.05, 0.1) is 13.0 Å². The fourth-order valence-corrected chi connectivity index (χ4v) is 3.83. The van der Waals surface area contributed by atoms with Crippen LogP contribution in [0.3, 0.4) is 0 Å². The molecule has 2 aliphatic rings. The molecule has 0 saturated carbocycles. The van der Waals surface area contributed by atoms with E-state index in [1.54, 1.807) is 0 Å². The lowest BCUT2D eigenvalue weighted by atomic mass is 9.96. The summed E-state index contributed by atoms with van der Waals surface area (Å²) in [5.74, 6) is -1.34. The lowest BCUT2D eigenvalue weighted by Gasteiger charge is -2.18. The second kappa shape index (κ2) is 9.98. The van der Waals surface area contributed by atoms with E-state index in [9.17, 15) is 14.4 Å². The van der Waals surface area contributed by atoms with E-state index in [-0.39, 0.29) is 31.3 Å². The Labute approximate surface area is 169 Å². The number of aldehydes is 1. The maximum Gasteiger partial charge on any atom is 0.305 e. The molecule has 0 aromatic heterocycles. The zero-order valence-corrected chi connectivity index (χ0v) is 16.2. The van der Waals surface area contributed by atoms with Gasteiger partial charge >= 0.3 is 5.97 Å². The van der Waals surface area contributed by atoms with Gasteiger partial charge in [-0.15, -0.1) is 0 Å². The first kappa shape index (κ1) is 20.7. The number of benzene rings is 1. The molecule has 0 heterocycles. The molecular weight excluding hydrogens is 370 g/mol. The van der Waals surface area contributed by atoms with Gasteiger partial charge in [0.15, 0.2) is 0 Å². The van der Waals surface area contributed by atoms with Gasteiger partial charge in [0, 0.05) is 18.4 Å². The van der Waals surface area contributed by atoms with Gasteiger partial charge in [-0.1, -0.05) is 48.6 Å². The molecule has 1 aromatic rings. The standard InChI is InChI=1S/C23H25NO5/c25-12-6-7-16(13-23(27)28)24-22(26)15-29-14-21-19-9-3-1-2-8-17(19)18-10-4-5-11-20(18)21/h2-5,8-12,16,21H,1,6-7,13-15H2,(H,24,26)(H,27,28). The molecule has 0 fully saturated rings. The smallest absolute Gasteiger partial charge is 0.305 e. The molecule has 0 aliphatic heterocycles. The zero-order chi connectivity index (χ0) is 20.6. The van der Waals surface area contributed by atoms with Gasteiger partial charge in [-0.2, -0.15) is 0 Å². The molecule has 2 atom stereocenters. The number of nitrogens with one attached hydrogen (secondary N) is 1. The first-order valence-corrected chi connectivity index (χ1v) is 9.79. The Bertz CT molecular complexity index is 868. The van der Waals surface area contributed by atoms with Crippen LogP contribution < -0.4 is 5.32 Å². The van der Waals surface area contributed by atoms with E-state index in [2.05, 4.69) is 41.8 Å². The number of rotatable bonds is 10. The van der Waals surface area contributed by atoms with Crippen molar-refractivity contribution in [3.05, 3.63) is 65.3 Å². The molecular formula is C23H25NO5. The van der Waals surface area contributed by atoms with Gasteiger partial charge in [0.2, 0.25) is 5.91 Å². The monoisotopic (exact) mass is 395 g/mol. The van der Waals surface area contributed by atoms with E-state index < -0.39 is 12.0 Å². The number of amides is 1.